The summed E-state index contributed by atoms with van der Waals surface area (Å²) in [7, 11) is 2.76. The Kier molecular flexibility index (Phi) is 4.61. The van der Waals surface area contributed by atoms with Crippen molar-refractivity contribution < 1.29 is 18.3 Å². The van der Waals surface area contributed by atoms with Gasteiger partial charge in [-0.05, 0) is 19.2 Å². The van der Waals surface area contributed by atoms with Crippen LogP contribution in [0.15, 0.2) is 12.1 Å². The van der Waals surface area contributed by atoms with Crippen molar-refractivity contribution in [1.29, 1.82) is 0 Å². The van der Waals surface area contributed by atoms with Crippen molar-refractivity contribution in [3.8, 4) is 11.8 Å². The Balaban J connectivity index is 3.11. The Morgan fingerprint density at radius 3 is 2.47 bits per heavy atom. The molecule has 0 saturated heterocycles. The van der Waals surface area contributed by atoms with E-state index < -0.39 is 23.2 Å². The third-order valence-corrected chi connectivity index (χ3v) is 1.93. The number of carbonyl (C=O) groups is 1. The SMILES string of the molecule is CNCC#Cc1cc(F)c(C(=O)OC)c(F)c1. The molecule has 5 heteroatoms. The lowest BCUT2D eigenvalue weighted by atomic mass is 10.1. The van der Waals surface area contributed by atoms with E-state index in [2.05, 4.69) is 21.9 Å². The van der Waals surface area contributed by atoms with Gasteiger partial charge in [0.1, 0.15) is 17.2 Å². The van der Waals surface area contributed by atoms with Gasteiger partial charge in [-0.1, -0.05) is 11.8 Å². The van der Waals surface area contributed by atoms with Crippen LogP contribution in [0.1, 0.15) is 15.9 Å². The average Bonchev–Trinajstić information content (AvgIpc) is 2.28. The number of ether oxygens (including phenoxy) is 1. The Bertz CT molecular complexity index is 466. The first-order valence-electron chi connectivity index (χ1n) is 4.81. The van der Waals surface area contributed by atoms with Crippen LogP contribution in [-0.2, 0) is 4.74 Å². The number of carbonyl (C=O) groups excluding carboxylic acids is 1. The molecular weight excluding hydrogens is 228 g/mol. The number of benzene rings is 1. The third kappa shape index (κ3) is 3.26. The predicted octanol–water partition coefficient (Wildman–Crippen LogP) is 1.32. The van der Waals surface area contributed by atoms with Crippen molar-refractivity contribution in [2.75, 3.05) is 20.7 Å². The minimum atomic E-state index is -1.05. The number of methoxy groups -OCH3 is 1. The number of esters is 1. The van der Waals surface area contributed by atoms with Crippen LogP contribution in [0.5, 0.6) is 0 Å². The van der Waals surface area contributed by atoms with Gasteiger partial charge in [-0.3, -0.25) is 0 Å². The maximum atomic E-state index is 13.4. The lowest BCUT2D eigenvalue weighted by Crippen LogP contribution is -2.08. The molecule has 90 valence electrons. The van der Waals surface area contributed by atoms with Crippen LogP contribution in [0.2, 0.25) is 0 Å². The van der Waals surface area contributed by atoms with E-state index in [4.69, 9.17) is 0 Å². The molecule has 0 radical (unpaired) electrons. The van der Waals surface area contributed by atoms with Gasteiger partial charge in [0.15, 0.2) is 0 Å². The minimum Gasteiger partial charge on any atom is -0.465 e. The summed E-state index contributed by atoms with van der Waals surface area (Å²) >= 11 is 0. The molecule has 0 heterocycles. The Hall–Kier alpha value is -1.93. The fraction of sp³-hybridized carbons (Fsp3) is 0.250. The molecule has 0 spiro atoms. The zero-order valence-electron chi connectivity index (χ0n) is 9.43. The Morgan fingerprint density at radius 2 is 2.00 bits per heavy atom. The van der Waals surface area contributed by atoms with Gasteiger partial charge < -0.3 is 10.1 Å². The van der Waals surface area contributed by atoms with Crippen LogP contribution in [0.4, 0.5) is 8.78 Å². The van der Waals surface area contributed by atoms with Gasteiger partial charge in [0.05, 0.1) is 13.7 Å². The van der Waals surface area contributed by atoms with E-state index in [0.717, 1.165) is 19.2 Å². The summed E-state index contributed by atoms with van der Waals surface area (Å²) in [5.74, 6) is 2.22. The molecule has 0 bridgehead atoms. The number of hydrogen-bond acceptors (Lipinski definition) is 3. The number of rotatable bonds is 2. The highest BCUT2D eigenvalue weighted by Gasteiger charge is 2.18. The van der Waals surface area contributed by atoms with Crippen LogP contribution in [-0.4, -0.2) is 26.7 Å². The molecule has 0 aliphatic carbocycles. The second kappa shape index (κ2) is 5.97. The first kappa shape index (κ1) is 13.1. The summed E-state index contributed by atoms with van der Waals surface area (Å²) in [4.78, 5) is 11.1. The van der Waals surface area contributed by atoms with Crippen LogP contribution < -0.4 is 5.32 Å². The van der Waals surface area contributed by atoms with Crippen molar-refractivity contribution in [2.45, 2.75) is 0 Å². The molecule has 0 unspecified atom stereocenters. The molecule has 3 nitrogen and oxygen atoms in total. The molecule has 0 fully saturated rings. The van der Waals surface area contributed by atoms with E-state index in [1.807, 2.05) is 0 Å². The molecule has 17 heavy (non-hydrogen) atoms. The molecule has 0 saturated carbocycles. The number of hydrogen-bond donors (Lipinski definition) is 1. The largest absolute Gasteiger partial charge is 0.465 e. The van der Waals surface area contributed by atoms with Gasteiger partial charge in [0.2, 0.25) is 0 Å². The normalized spacial score (nSPS) is 9.41. The summed E-state index contributed by atoms with van der Waals surface area (Å²) in [6.07, 6.45) is 0. The fourth-order valence-corrected chi connectivity index (χ4v) is 1.18. The van der Waals surface area contributed by atoms with Crippen molar-refractivity contribution >= 4 is 5.97 Å². The summed E-state index contributed by atoms with van der Waals surface area (Å²) in [5.41, 5.74) is -0.533. The lowest BCUT2D eigenvalue weighted by Gasteiger charge is -2.03. The van der Waals surface area contributed by atoms with Crippen LogP contribution >= 0.6 is 0 Å². The molecule has 0 aliphatic rings. The van der Waals surface area contributed by atoms with Crippen molar-refractivity contribution in [3.63, 3.8) is 0 Å². The fourth-order valence-electron chi connectivity index (χ4n) is 1.18. The highest BCUT2D eigenvalue weighted by molar-refractivity contribution is 5.90. The molecule has 1 N–H and O–H groups in total. The van der Waals surface area contributed by atoms with Crippen molar-refractivity contribution in [1.82, 2.24) is 5.32 Å². The first-order valence-corrected chi connectivity index (χ1v) is 4.81. The van der Waals surface area contributed by atoms with E-state index in [1.54, 1.807) is 7.05 Å². The third-order valence-electron chi connectivity index (χ3n) is 1.93. The monoisotopic (exact) mass is 239 g/mol. The molecular formula is C12H11F2NO2. The maximum absolute atomic E-state index is 13.4. The maximum Gasteiger partial charge on any atom is 0.343 e. The topological polar surface area (TPSA) is 38.3 Å². The first-order chi connectivity index (χ1) is 8.10. The minimum absolute atomic E-state index is 0.169. The van der Waals surface area contributed by atoms with Gasteiger partial charge >= 0.3 is 5.97 Å². The van der Waals surface area contributed by atoms with E-state index in [-0.39, 0.29) is 5.56 Å². The van der Waals surface area contributed by atoms with E-state index in [9.17, 15) is 13.6 Å². The summed E-state index contributed by atoms with van der Waals surface area (Å²) in [6, 6.07) is 2.00. The zero-order chi connectivity index (χ0) is 12.8. The van der Waals surface area contributed by atoms with Gasteiger partial charge in [0, 0.05) is 5.56 Å². The highest BCUT2D eigenvalue weighted by atomic mass is 19.1. The van der Waals surface area contributed by atoms with E-state index in [1.165, 1.54) is 0 Å². The summed E-state index contributed by atoms with van der Waals surface area (Å²) < 4.78 is 31.1. The van der Waals surface area contributed by atoms with Crippen molar-refractivity contribution in [2.24, 2.45) is 0 Å². The van der Waals surface area contributed by atoms with Gasteiger partial charge in [0.25, 0.3) is 0 Å². The van der Waals surface area contributed by atoms with E-state index in [0.29, 0.717) is 6.54 Å². The Labute approximate surface area is 97.8 Å². The van der Waals surface area contributed by atoms with Crippen molar-refractivity contribution in [3.05, 3.63) is 34.9 Å². The van der Waals surface area contributed by atoms with Crippen LogP contribution in [0.3, 0.4) is 0 Å². The predicted molar refractivity (Wildman–Crippen MR) is 58.5 cm³/mol. The Morgan fingerprint density at radius 1 is 1.41 bits per heavy atom. The zero-order valence-corrected chi connectivity index (χ0v) is 9.43. The number of nitrogens with one attached hydrogen (secondary N) is 1. The molecule has 1 aromatic rings. The quantitative estimate of drug-likeness (QED) is 0.625. The molecule has 0 atom stereocenters. The second-order valence-electron chi connectivity index (χ2n) is 3.14. The molecule has 0 aromatic heterocycles. The average molecular weight is 239 g/mol. The summed E-state index contributed by atoms with van der Waals surface area (Å²) in [5, 5.41) is 2.77. The lowest BCUT2D eigenvalue weighted by molar-refractivity contribution is 0.0590. The van der Waals surface area contributed by atoms with E-state index >= 15 is 0 Å². The van der Waals surface area contributed by atoms with Gasteiger partial charge in [-0.25, -0.2) is 13.6 Å². The second-order valence-corrected chi connectivity index (χ2v) is 3.14. The van der Waals surface area contributed by atoms with Gasteiger partial charge in [-0.15, -0.1) is 0 Å². The number of halogens is 2. The van der Waals surface area contributed by atoms with Crippen LogP contribution in [0, 0.1) is 23.5 Å². The summed E-state index contributed by atoms with van der Waals surface area (Å²) in [6.45, 7) is 0.405. The van der Waals surface area contributed by atoms with Gasteiger partial charge in [-0.2, -0.15) is 0 Å². The standard InChI is InChI=1S/C12H11F2NO2/c1-15-5-3-4-8-6-9(13)11(10(14)7-8)12(16)17-2/h6-7,15H,5H2,1-2H3. The highest BCUT2D eigenvalue weighted by Crippen LogP contribution is 2.15. The molecule has 1 rings (SSSR count). The molecule has 0 aliphatic heterocycles. The smallest absolute Gasteiger partial charge is 0.343 e. The molecule has 0 amide bonds. The molecule has 1 aromatic carbocycles. The van der Waals surface area contributed by atoms with Crippen LogP contribution in [0.25, 0.3) is 0 Å².